The van der Waals surface area contributed by atoms with E-state index in [2.05, 4.69) is 0 Å². The van der Waals surface area contributed by atoms with Crippen LogP contribution in [0.2, 0.25) is 0 Å². The molecular formula is C12H18FNO. The molecule has 0 radical (unpaired) electrons. The lowest BCUT2D eigenvalue weighted by Gasteiger charge is -2.14. The molecule has 1 unspecified atom stereocenters. The summed E-state index contributed by atoms with van der Waals surface area (Å²) >= 11 is 0. The molecule has 1 aromatic carbocycles. The van der Waals surface area contributed by atoms with Crippen LogP contribution in [0, 0.1) is 5.82 Å². The number of rotatable bonds is 4. The Bertz CT molecular complexity index is 339. The number of hydrogen-bond acceptors (Lipinski definition) is 2. The molecule has 1 rings (SSSR count). The summed E-state index contributed by atoms with van der Waals surface area (Å²) in [4.78, 5) is 0. The zero-order valence-corrected chi connectivity index (χ0v) is 9.26. The molecule has 0 amide bonds. The van der Waals surface area contributed by atoms with Crippen molar-refractivity contribution in [2.24, 2.45) is 5.73 Å². The van der Waals surface area contributed by atoms with Crippen molar-refractivity contribution < 1.29 is 9.50 Å². The summed E-state index contributed by atoms with van der Waals surface area (Å²) in [5.41, 5.74) is 7.02. The van der Waals surface area contributed by atoms with E-state index >= 15 is 0 Å². The second-order valence-electron chi connectivity index (χ2n) is 3.85. The van der Waals surface area contributed by atoms with Gasteiger partial charge in [-0.15, -0.1) is 0 Å². The predicted octanol–water partition coefficient (Wildman–Crippen LogP) is 2.55. The normalized spacial score (nSPS) is 12.8. The molecule has 0 heterocycles. The third-order valence-electron chi connectivity index (χ3n) is 2.69. The molecule has 3 N–H and O–H groups in total. The number of halogens is 1. The molecule has 3 heteroatoms. The highest BCUT2D eigenvalue weighted by Gasteiger charge is 2.14. The number of aryl methyl sites for hydroxylation is 1. The number of phenols is 1. The van der Waals surface area contributed by atoms with E-state index in [1.165, 1.54) is 6.07 Å². The fourth-order valence-electron chi connectivity index (χ4n) is 1.66. The van der Waals surface area contributed by atoms with Crippen LogP contribution >= 0.6 is 0 Å². The number of hydrogen-bond donors (Lipinski definition) is 2. The maximum atomic E-state index is 13.3. The van der Waals surface area contributed by atoms with E-state index < -0.39 is 5.82 Å². The standard InChI is InChI=1S/C12H18FNO/c1-3-9-6-10(8(2)4-5-14)12(15)11(13)7-9/h6-8,15H,3-5,14H2,1-2H3. The molecule has 0 aliphatic carbocycles. The van der Waals surface area contributed by atoms with Gasteiger partial charge < -0.3 is 10.8 Å². The van der Waals surface area contributed by atoms with Gasteiger partial charge in [0.05, 0.1) is 0 Å². The van der Waals surface area contributed by atoms with Crippen molar-refractivity contribution in [3.05, 3.63) is 29.1 Å². The number of phenolic OH excluding ortho intramolecular Hbond substituents is 1. The van der Waals surface area contributed by atoms with E-state index in [-0.39, 0.29) is 11.7 Å². The van der Waals surface area contributed by atoms with Crippen molar-refractivity contribution in [3.8, 4) is 5.75 Å². The Morgan fingerprint density at radius 1 is 1.47 bits per heavy atom. The minimum atomic E-state index is -0.534. The minimum Gasteiger partial charge on any atom is -0.505 e. The molecule has 0 aliphatic heterocycles. The molecule has 1 aromatic rings. The summed E-state index contributed by atoms with van der Waals surface area (Å²) in [5.74, 6) is -0.669. The summed E-state index contributed by atoms with van der Waals surface area (Å²) in [7, 11) is 0. The van der Waals surface area contributed by atoms with Crippen molar-refractivity contribution in [3.63, 3.8) is 0 Å². The summed E-state index contributed by atoms with van der Waals surface area (Å²) in [5, 5.41) is 9.60. The highest BCUT2D eigenvalue weighted by molar-refractivity contribution is 5.39. The molecular weight excluding hydrogens is 193 g/mol. The van der Waals surface area contributed by atoms with Crippen molar-refractivity contribution in [1.29, 1.82) is 0 Å². The van der Waals surface area contributed by atoms with Crippen LogP contribution in [0.25, 0.3) is 0 Å². The monoisotopic (exact) mass is 211 g/mol. The largest absolute Gasteiger partial charge is 0.505 e. The molecule has 84 valence electrons. The van der Waals surface area contributed by atoms with Crippen molar-refractivity contribution in [1.82, 2.24) is 0 Å². The molecule has 1 atom stereocenters. The van der Waals surface area contributed by atoms with E-state index in [0.29, 0.717) is 12.1 Å². The van der Waals surface area contributed by atoms with Crippen LogP contribution in [0.4, 0.5) is 4.39 Å². The smallest absolute Gasteiger partial charge is 0.165 e. The van der Waals surface area contributed by atoms with Gasteiger partial charge in [0.1, 0.15) is 0 Å². The van der Waals surface area contributed by atoms with Gasteiger partial charge in [0, 0.05) is 5.56 Å². The minimum absolute atomic E-state index is 0.0935. The van der Waals surface area contributed by atoms with Gasteiger partial charge in [-0.25, -0.2) is 4.39 Å². The zero-order valence-electron chi connectivity index (χ0n) is 9.26. The summed E-state index contributed by atoms with van der Waals surface area (Å²) < 4.78 is 13.3. The Morgan fingerprint density at radius 2 is 2.13 bits per heavy atom. The molecule has 0 fully saturated rings. The fourth-order valence-corrected chi connectivity index (χ4v) is 1.66. The predicted molar refractivity (Wildman–Crippen MR) is 59.5 cm³/mol. The average molecular weight is 211 g/mol. The quantitative estimate of drug-likeness (QED) is 0.804. The fraction of sp³-hybridized carbons (Fsp3) is 0.500. The highest BCUT2D eigenvalue weighted by atomic mass is 19.1. The van der Waals surface area contributed by atoms with E-state index in [1.54, 1.807) is 0 Å². The van der Waals surface area contributed by atoms with Crippen molar-refractivity contribution in [2.75, 3.05) is 6.54 Å². The first kappa shape index (κ1) is 12.0. The maximum absolute atomic E-state index is 13.3. The molecule has 0 spiro atoms. The molecule has 0 saturated carbocycles. The van der Waals surface area contributed by atoms with Crippen molar-refractivity contribution >= 4 is 0 Å². The third-order valence-corrected chi connectivity index (χ3v) is 2.69. The van der Waals surface area contributed by atoms with Crippen molar-refractivity contribution in [2.45, 2.75) is 32.6 Å². The van der Waals surface area contributed by atoms with E-state index in [1.807, 2.05) is 19.9 Å². The molecule has 15 heavy (non-hydrogen) atoms. The Hall–Kier alpha value is -1.09. The second-order valence-corrected chi connectivity index (χ2v) is 3.85. The van der Waals surface area contributed by atoms with Crippen LogP contribution < -0.4 is 5.73 Å². The van der Waals surface area contributed by atoms with Gasteiger partial charge in [-0.1, -0.05) is 19.9 Å². The molecule has 2 nitrogen and oxygen atoms in total. The summed E-state index contributed by atoms with van der Waals surface area (Å²) in [6.07, 6.45) is 1.51. The third kappa shape index (κ3) is 2.69. The van der Waals surface area contributed by atoms with Crippen LogP contribution in [0.1, 0.15) is 37.3 Å². The van der Waals surface area contributed by atoms with E-state index in [4.69, 9.17) is 5.73 Å². The van der Waals surface area contributed by atoms with Gasteiger partial charge in [-0.05, 0) is 36.9 Å². The lowest BCUT2D eigenvalue weighted by Crippen LogP contribution is -2.05. The topological polar surface area (TPSA) is 46.2 Å². The second kappa shape index (κ2) is 5.12. The summed E-state index contributed by atoms with van der Waals surface area (Å²) in [6, 6.07) is 3.24. The maximum Gasteiger partial charge on any atom is 0.165 e. The van der Waals surface area contributed by atoms with Gasteiger partial charge >= 0.3 is 0 Å². The number of benzene rings is 1. The van der Waals surface area contributed by atoms with Gasteiger partial charge in [0.2, 0.25) is 0 Å². The number of aromatic hydroxyl groups is 1. The Kier molecular flexibility index (Phi) is 4.09. The highest BCUT2D eigenvalue weighted by Crippen LogP contribution is 2.31. The van der Waals surface area contributed by atoms with Gasteiger partial charge in [-0.2, -0.15) is 0 Å². The SMILES string of the molecule is CCc1cc(F)c(O)c(C(C)CCN)c1. The average Bonchev–Trinajstić information content (AvgIpc) is 2.22. The first-order chi connectivity index (χ1) is 7.10. The van der Waals surface area contributed by atoms with Gasteiger partial charge in [-0.3, -0.25) is 0 Å². The van der Waals surface area contributed by atoms with E-state index in [9.17, 15) is 9.50 Å². The lowest BCUT2D eigenvalue weighted by molar-refractivity contribution is 0.419. The van der Waals surface area contributed by atoms with E-state index in [0.717, 1.165) is 18.4 Å². The van der Waals surface area contributed by atoms with Crippen LogP contribution in [-0.2, 0) is 6.42 Å². The molecule has 0 aromatic heterocycles. The molecule has 0 saturated heterocycles. The van der Waals surface area contributed by atoms with Crippen LogP contribution in [-0.4, -0.2) is 11.7 Å². The first-order valence-corrected chi connectivity index (χ1v) is 5.31. The molecule has 0 aliphatic rings. The van der Waals surface area contributed by atoms with Crippen LogP contribution in [0.5, 0.6) is 5.75 Å². The summed E-state index contributed by atoms with van der Waals surface area (Å²) in [6.45, 7) is 4.45. The number of nitrogens with two attached hydrogens (primary N) is 1. The van der Waals surface area contributed by atoms with Gasteiger partial charge in [0.25, 0.3) is 0 Å². The molecule has 0 bridgehead atoms. The van der Waals surface area contributed by atoms with Crippen LogP contribution in [0.15, 0.2) is 12.1 Å². The Morgan fingerprint density at radius 3 is 2.67 bits per heavy atom. The Balaban J connectivity index is 3.09. The van der Waals surface area contributed by atoms with Crippen LogP contribution in [0.3, 0.4) is 0 Å². The lowest BCUT2D eigenvalue weighted by atomic mass is 9.94. The zero-order chi connectivity index (χ0) is 11.4. The Labute approximate surface area is 89.9 Å². The van der Waals surface area contributed by atoms with Gasteiger partial charge in [0.15, 0.2) is 11.6 Å². The first-order valence-electron chi connectivity index (χ1n) is 5.31.